The Labute approximate surface area is 172 Å². The number of nitrogen functional groups attached to an aromatic ring is 1. The highest BCUT2D eigenvalue weighted by Crippen LogP contribution is 2.37. The first-order chi connectivity index (χ1) is 14.5. The SMILES string of the molecule is Nc1cc(-c2cc3n(c(=O)c2)C[C@H]2C[C@@H]3CN(C(=O)c3cccc(F)c3)C2)ncn1. The molecule has 2 aliphatic rings. The van der Waals surface area contributed by atoms with Gasteiger partial charge in [-0.3, -0.25) is 9.59 Å². The molecule has 1 amide bonds. The summed E-state index contributed by atoms with van der Waals surface area (Å²) < 4.78 is 15.4. The number of piperidine rings is 1. The fourth-order valence-electron chi connectivity index (χ4n) is 4.61. The van der Waals surface area contributed by atoms with E-state index >= 15 is 0 Å². The zero-order valence-corrected chi connectivity index (χ0v) is 16.2. The lowest BCUT2D eigenvalue weighted by atomic mass is 9.82. The molecule has 2 aromatic heterocycles. The number of likely N-dealkylation sites (tertiary alicyclic amines) is 1. The first-order valence-electron chi connectivity index (χ1n) is 9.85. The lowest BCUT2D eigenvalue weighted by Gasteiger charge is -2.43. The number of anilines is 1. The van der Waals surface area contributed by atoms with Crippen LogP contribution in [0.1, 0.15) is 28.4 Å². The van der Waals surface area contributed by atoms with Crippen molar-refractivity contribution in [2.24, 2.45) is 5.92 Å². The largest absolute Gasteiger partial charge is 0.384 e. The average molecular weight is 405 g/mol. The fourth-order valence-corrected chi connectivity index (χ4v) is 4.61. The van der Waals surface area contributed by atoms with E-state index in [1.807, 2.05) is 6.07 Å². The molecule has 152 valence electrons. The van der Waals surface area contributed by atoms with Crippen LogP contribution in [-0.4, -0.2) is 38.4 Å². The Morgan fingerprint density at radius 2 is 1.97 bits per heavy atom. The van der Waals surface area contributed by atoms with Gasteiger partial charge < -0.3 is 15.2 Å². The van der Waals surface area contributed by atoms with Crippen LogP contribution in [0.5, 0.6) is 0 Å². The van der Waals surface area contributed by atoms with E-state index in [9.17, 15) is 14.0 Å². The van der Waals surface area contributed by atoms with Crippen molar-refractivity contribution in [3.05, 3.63) is 76.2 Å². The summed E-state index contributed by atoms with van der Waals surface area (Å²) in [6.07, 6.45) is 2.28. The number of amides is 1. The highest BCUT2D eigenvalue weighted by atomic mass is 19.1. The van der Waals surface area contributed by atoms with Crippen LogP contribution in [0.25, 0.3) is 11.3 Å². The van der Waals surface area contributed by atoms with E-state index in [-0.39, 0.29) is 23.3 Å². The van der Waals surface area contributed by atoms with Gasteiger partial charge in [0.1, 0.15) is 18.0 Å². The zero-order valence-electron chi connectivity index (χ0n) is 16.2. The molecule has 2 N–H and O–H groups in total. The number of nitrogens with two attached hydrogens (primary N) is 1. The highest BCUT2D eigenvalue weighted by Gasteiger charge is 2.37. The van der Waals surface area contributed by atoms with Crippen LogP contribution in [0, 0.1) is 11.7 Å². The Kier molecular flexibility index (Phi) is 4.34. The smallest absolute Gasteiger partial charge is 0.253 e. The molecule has 2 atom stereocenters. The molecule has 5 rings (SSSR count). The molecule has 3 aromatic rings. The molecule has 0 aliphatic carbocycles. The van der Waals surface area contributed by atoms with E-state index in [0.29, 0.717) is 42.3 Å². The number of benzene rings is 1. The first-order valence-corrected chi connectivity index (χ1v) is 9.85. The minimum atomic E-state index is -0.427. The number of hydrogen-bond donors (Lipinski definition) is 1. The highest BCUT2D eigenvalue weighted by molar-refractivity contribution is 5.94. The van der Waals surface area contributed by atoms with Crippen LogP contribution in [0.15, 0.2) is 53.6 Å². The van der Waals surface area contributed by atoms with Crippen LogP contribution in [-0.2, 0) is 6.54 Å². The molecule has 0 radical (unpaired) electrons. The Bertz CT molecular complexity index is 1210. The van der Waals surface area contributed by atoms with Crippen LogP contribution in [0.3, 0.4) is 0 Å². The number of hydrogen-bond acceptors (Lipinski definition) is 5. The molecule has 30 heavy (non-hydrogen) atoms. The fraction of sp³-hybridized carbons (Fsp3) is 0.273. The van der Waals surface area contributed by atoms with E-state index < -0.39 is 5.82 Å². The minimum Gasteiger partial charge on any atom is -0.384 e. The summed E-state index contributed by atoms with van der Waals surface area (Å²) in [7, 11) is 0. The van der Waals surface area contributed by atoms with Crippen molar-refractivity contribution in [3.63, 3.8) is 0 Å². The zero-order chi connectivity index (χ0) is 20.8. The molecule has 0 unspecified atom stereocenters. The van der Waals surface area contributed by atoms with Crippen LogP contribution < -0.4 is 11.3 Å². The predicted molar refractivity (Wildman–Crippen MR) is 109 cm³/mol. The second kappa shape index (κ2) is 7.05. The normalized spacial score (nSPS) is 20.0. The van der Waals surface area contributed by atoms with Crippen molar-refractivity contribution >= 4 is 11.7 Å². The summed E-state index contributed by atoms with van der Waals surface area (Å²) in [5, 5.41) is 0. The Hall–Kier alpha value is -3.55. The van der Waals surface area contributed by atoms with Crippen molar-refractivity contribution in [2.75, 3.05) is 18.8 Å². The van der Waals surface area contributed by atoms with Gasteiger partial charge in [0.15, 0.2) is 0 Å². The number of nitrogens with zero attached hydrogens (tertiary/aromatic N) is 4. The molecule has 8 heteroatoms. The van der Waals surface area contributed by atoms with Gasteiger partial charge in [0, 0.05) is 54.5 Å². The topological polar surface area (TPSA) is 94.1 Å². The van der Waals surface area contributed by atoms with Crippen LogP contribution in [0.2, 0.25) is 0 Å². The Balaban J connectivity index is 1.49. The molecular weight excluding hydrogens is 385 g/mol. The number of aromatic nitrogens is 3. The molecule has 1 aromatic carbocycles. The Morgan fingerprint density at radius 1 is 1.10 bits per heavy atom. The minimum absolute atomic E-state index is 0.0295. The van der Waals surface area contributed by atoms with Gasteiger partial charge in [-0.2, -0.15) is 0 Å². The van der Waals surface area contributed by atoms with Crippen molar-refractivity contribution in [1.29, 1.82) is 0 Å². The van der Waals surface area contributed by atoms with Gasteiger partial charge in [0.25, 0.3) is 11.5 Å². The van der Waals surface area contributed by atoms with Crippen molar-refractivity contribution in [1.82, 2.24) is 19.4 Å². The van der Waals surface area contributed by atoms with E-state index in [0.717, 1.165) is 12.1 Å². The molecule has 2 bridgehead atoms. The van der Waals surface area contributed by atoms with Gasteiger partial charge >= 0.3 is 0 Å². The quantitative estimate of drug-likeness (QED) is 0.706. The monoisotopic (exact) mass is 405 g/mol. The maximum atomic E-state index is 13.6. The molecular formula is C22H20FN5O2. The second-order valence-corrected chi connectivity index (χ2v) is 7.96. The third-order valence-corrected chi connectivity index (χ3v) is 5.90. The van der Waals surface area contributed by atoms with E-state index in [1.54, 1.807) is 33.7 Å². The standard InChI is InChI=1S/C22H20FN5O2/c23-17-3-1-2-14(5-17)22(30)27-9-13-4-16(11-27)19-6-15(7-21(29)28(19)10-13)18-8-20(24)26-12-25-18/h1-3,5-8,12-13,16H,4,9-11H2,(H2,24,25,26)/t13-,16+/m0/s1. The number of fused-ring (bicyclic) bond motifs is 4. The lowest BCUT2D eigenvalue weighted by molar-refractivity contribution is 0.0594. The van der Waals surface area contributed by atoms with Crippen molar-refractivity contribution < 1.29 is 9.18 Å². The van der Waals surface area contributed by atoms with Gasteiger partial charge in [-0.05, 0) is 36.6 Å². The summed E-state index contributed by atoms with van der Waals surface area (Å²) in [6.45, 7) is 1.60. The molecule has 0 saturated carbocycles. The van der Waals surface area contributed by atoms with Gasteiger partial charge in [0.2, 0.25) is 0 Å². The van der Waals surface area contributed by atoms with Gasteiger partial charge in [-0.15, -0.1) is 0 Å². The summed E-state index contributed by atoms with van der Waals surface area (Å²) >= 11 is 0. The third-order valence-electron chi connectivity index (χ3n) is 5.90. The summed E-state index contributed by atoms with van der Waals surface area (Å²) in [4.78, 5) is 35.7. The average Bonchev–Trinajstić information content (AvgIpc) is 2.73. The molecule has 0 spiro atoms. The van der Waals surface area contributed by atoms with E-state index in [1.165, 1.54) is 18.5 Å². The number of halogens is 1. The molecule has 1 fully saturated rings. The van der Waals surface area contributed by atoms with Crippen LogP contribution in [0.4, 0.5) is 10.2 Å². The molecule has 2 aliphatic heterocycles. The molecule has 7 nitrogen and oxygen atoms in total. The second-order valence-electron chi connectivity index (χ2n) is 7.96. The number of carbonyl (C=O) groups excluding carboxylic acids is 1. The van der Waals surface area contributed by atoms with Crippen LogP contribution >= 0.6 is 0 Å². The number of carbonyl (C=O) groups is 1. The summed E-state index contributed by atoms with van der Waals surface area (Å²) in [5.41, 5.74) is 8.20. The van der Waals surface area contributed by atoms with Crippen molar-refractivity contribution in [3.8, 4) is 11.3 Å². The van der Waals surface area contributed by atoms with E-state index in [4.69, 9.17) is 5.73 Å². The van der Waals surface area contributed by atoms with Gasteiger partial charge in [-0.1, -0.05) is 6.07 Å². The Morgan fingerprint density at radius 3 is 2.77 bits per heavy atom. The lowest BCUT2D eigenvalue weighted by Crippen LogP contribution is -2.49. The molecule has 4 heterocycles. The van der Waals surface area contributed by atoms with Gasteiger partial charge in [0.05, 0.1) is 5.69 Å². The maximum Gasteiger partial charge on any atom is 0.253 e. The van der Waals surface area contributed by atoms with Crippen molar-refractivity contribution in [2.45, 2.75) is 18.9 Å². The summed E-state index contributed by atoms with van der Waals surface area (Å²) in [6, 6.07) is 10.9. The summed E-state index contributed by atoms with van der Waals surface area (Å²) in [5.74, 6) is -0.0558. The van der Waals surface area contributed by atoms with Gasteiger partial charge in [-0.25, -0.2) is 14.4 Å². The number of rotatable bonds is 2. The third kappa shape index (κ3) is 3.24. The predicted octanol–water partition coefficient (Wildman–Crippen LogP) is 2.29. The maximum absolute atomic E-state index is 13.6. The number of pyridine rings is 1. The first kappa shape index (κ1) is 18.5. The molecule has 1 saturated heterocycles. The van der Waals surface area contributed by atoms with E-state index in [2.05, 4.69) is 9.97 Å².